The minimum atomic E-state index is -4.73. The molecule has 2 heterocycles. The Balaban J connectivity index is 0.00000176. The van der Waals surface area contributed by atoms with E-state index in [4.69, 9.17) is 9.84 Å². The maximum Gasteiger partial charge on any atom is 0.404 e. The summed E-state index contributed by atoms with van der Waals surface area (Å²) in [5, 5.41) is 9.82. The number of para-hydroxylation sites is 1. The molecule has 2 N–H and O–H groups in total. The Morgan fingerprint density at radius 2 is 1.75 bits per heavy atom. The van der Waals surface area contributed by atoms with Crippen LogP contribution in [-0.4, -0.2) is 61.9 Å². The third-order valence-electron chi connectivity index (χ3n) is 7.11. The standard InChI is InChI=1S/C25H26F4N2O3.CH4O/c1-34-22-17(8-5-9-19(22)26)18-15-30-20(32)14-24(18)10-12-31(13-11-24)23(33)21(25(27,28)29)16-6-3-2-4-7-16;1-2/h2-9,18,21H,10-15H2,1H3,(H,30,32);2H,1H3. The number of carbonyl (C=O) groups excluding carboxylic acids is 2. The van der Waals surface area contributed by atoms with Gasteiger partial charge < -0.3 is 20.1 Å². The van der Waals surface area contributed by atoms with Crippen LogP contribution in [0.5, 0.6) is 5.75 Å². The van der Waals surface area contributed by atoms with E-state index >= 15 is 0 Å². The summed E-state index contributed by atoms with van der Waals surface area (Å²) in [6.45, 7) is 0.432. The van der Waals surface area contributed by atoms with Crippen molar-refractivity contribution in [3.63, 3.8) is 0 Å². The highest BCUT2D eigenvalue weighted by Gasteiger charge is 2.51. The second-order valence-electron chi connectivity index (χ2n) is 8.97. The molecule has 0 radical (unpaired) electrons. The number of aliphatic hydroxyl groups excluding tert-OH is 1. The van der Waals surface area contributed by atoms with E-state index in [0.717, 1.165) is 7.11 Å². The van der Waals surface area contributed by atoms with Gasteiger partial charge in [-0.05, 0) is 29.9 Å². The Bertz CT molecular complexity index is 1050. The predicted molar refractivity (Wildman–Crippen MR) is 125 cm³/mol. The molecule has 0 aliphatic carbocycles. The Labute approximate surface area is 207 Å². The van der Waals surface area contributed by atoms with E-state index in [-0.39, 0.29) is 49.2 Å². The number of carbonyl (C=O) groups is 2. The molecule has 36 heavy (non-hydrogen) atoms. The fraction of sp³-hybridized carbons (Fsp3) is 0.462. The molecule has 0 bridgehead atoms. The number of likely N-dealkylation sites (tertiary alicyclic amines) is 1. The van der Waals surface area contributed by atoms with Crippen molar-refractivity contribution >= 4 is 11.8 Å². The Morgan fingerprint density at radius 3 is 2.33 bits per heavy atom. The van der Waals surface area contributed by atoms with Crippen molar-refractivity contribution in [3.05, 3.63) is 65.5 Å². The van der Waals surface area contributed by atoms with Gasteiger partial charge in [0.05, 0.1) is 7.11 Å². The van der Waals surface area contributed by atoms with Gasteiger partial charge in [0.1, 0.15) is 0 Å². The molecule has 10 heteroatoms. The quantitative estimate of drug-likeness (QED) is 0.610. The number of benzene rings is 2. The van der Waals surface area contributed by atoms with Gasteiger partial charge in [-0.3, -0.25) is 9.59 Å². The number of rotatable bonds is 4. The Hall–Kier alpha value is -3.14. The van der Waals surface area contributed by atoms with Crippen LogP contribution in [0.2, 0.25) is 0 Å². The van der Waals surface area contributed by atoms with Crippen molar-refractivity contribution in [1.82, 2.24) is 10.2 Å². The van der Waals surface area contributed by atoms with E-state index in [1.807, 2.05) is 0 Å². The van der Waals surface area contributed by atoms with E-state index in [1.54, 1.807) is 18.2 Å². The molecule has 0 aromatic heterocycles. The zero-order chi connectivity index (χ0) is 26.5. The number of alkyl halides is 3. The van der Waals surface area contributed by atoms with Gasteiger partial charge >= 0.3 is 6.18 Å². The molecule has 2 aromatic rings. The number of hydrogen-bond acceptors (Lipinski definition) is 4. The number of aliphatic hydroxyl groups is 1. The van der Waals surface area contributed by atoms with E-state index < -0.39 is 29.2 Å². The second kappa shape index (κ2) is 11.3. The summed E-state index contributed by atoms with van der Waals surface area (Å²) < 4.78 is 61.3. The average Bonchev–Trinajstić information content (AvgIpc) is 2.85. The second-order valence-corrected chi connectivity index (χ2v) is 8.97. The summed E-state index contributed by atoms with van der Waals surface area (Å²) in [6, 6.07) is 11.8. The van der Waals surface area contributed by atoms with Crippen LogP contribution in [0.4, 0.5) is 17.6 Å². The number of piperidine rings is 2. The zero-order valence-electron chi connectivity index (χ0n) is 20.1. The Kier molecular flexibility index (Phi) is 8.60. The van der Waals surface area contributed by atoms with E-state index in [9.17, 15) is 27.2 Å². The molecule has 2 unspecified atom stereocenters. The highest BCUT2D eigenvalue weighted by molar-refractivity contribution is 5.85. The molecule has 196 valence electrons. The predicted octanol–water partition coefficient (Wildman–Crippen LogP) is 4.00. The largest absolute Gasteiger partial charge is 0.493 e. The fourth-order valence-corrected chi connectivity index (χ4v) is 5.39. The molecule has 4 rings (SSSR count). The third kappa shape index (κ3) is 5.48. The summed E-state index contributed by atoms with van der Waals surface area (Å²) >= 11 is 0. The first-order valence-corrected chi connectivity index (χ1v) is 11.6. The van der Waals surface area contributed by atoms with Crippen LogP contribution in [0, 0.1) is 11.2 Å². The van der Waals surface area contributed by atoms with Crippen molar-refractivity contribution in [1.29, 1.82) is 0 Å². The number of ether oxygens (including phenoxy) is 1. The van der Waals surface area contributed by atoms with Crippen LogP contribution in [0.15, 0.2) is 48.5 Å². The molecule has 1 spiro atoms. The molecule has 2 aliphatic heterocycles. The van der Waals surface area contributed by atoms with Crippen molar-refractivity contribution in [2.45, 2.75) is 37.3 Å². The molecule has 6 nitrogen and oxygen atoms in total. The van der Waals surface area contributed by atoms with Crippen LogP contribution in [-0.2, 0) is 9.59 Å². The summed E-state index contributed by atoms with van der Waals surface area (Å²) in [7, 11) is 2.37. The molecular weight excluding hydrogens is 480 g/mol. The number of amides is 2. The number of methoxy groups -OCH3 is 1. The maximum absolute atomic E-state index is 14.4. The number of nitrogens with zero attached hydrogens (tertiary/aromatic N) is 1. The van der Waals surface area contributed by atoms with Crippen LogP contribution in [0.25, 0.3) is 0 Å². The summed E-state index contributed by atoms with van der Waals surface area (Å²) in [5.74, 6) is -4.10. The molecule has 2 aromatic carbocycles. The van der Waals surface area contributed by atoms with Crippen LogP contribution in [0.3, 0.4) is 0 Å². The molecule has 2 atom stereocenters. The highest BCUT2D eigenvalue weighted by Crippen LogP contribution is 2.51. The first-order chi connectivity index (χ1) is 17.2. The van der Waals surface area contributed by atoms with Gasteiger partial charge in [0, 0.05) is 44.6 Å². The van der Waals surface area contributed by atoms with Crippen LogP contribution < -0.4 is 10.1 Å². The van der Waals surface area contributed by atoms with Crippen molar-refractivity contribution < 1.29 is 37.0 Å². The molecule has 2 aliphatic rings. The van der Waals surface area contributed by atoms with Crippen molar-refractivity contribution in [3.8, 4) is 5.75 Å². The first-order valence-electron chi connectivity index (χ1n) is 11.6. The fourth-order valence-electron chi connectivity index (χ4n) is 5.39. The van der Waals surface area contributed by atoms with E-state index in [1.165, 1.54) is 42.3 Å². The van der Waals surface area contributed by atoms with Crippen molar-refractivity contribution in [2.75, 3.05) is 33.9 Å². The van der Waals surface area contributed by atoms with Gasteiger partial charge in [-0.15, -0.1) is 0 Å². The van der Waals surface area contributed by atoms with Gasteiger partial charge in [0.2, 0.25) is 11.8 Å². The monoisotopic (exact) mass is 510 g/mol. The zero-order valence-corrected chi connectivity index (χ0v) is 20.1. The minimum Gasteiger partial charge on any atom is -0.493 e. The lowest BCUT2D eigenvalue weighted by Crippen LogP contribution is -2.54. The third-order valence-corrected chi connectivity index (χ3v) is 7.11. The average molecular weight is 511 g/mol. The Morgan fingerprint density at radius 1 is 1.11 bits per heavy atom. The minimum absolute atomic E-state index is 0.0830. The summed E-state index contributed by atoms with van der Waals surface area (Å²) in [4.78, 5) is 26.6. The summed E-state index contributed by atoms with van der Waals surface area (Å²) in [6.07, 6.45) is -3.91. The molecule has 2 fully saturated rings. The maximum atomic E-state index is 14.4. The lowest BCUT2D eigenvalue weighted by Gasteiger charge is -2.49. The van der Waals surface area contributed by atoms with Gasteiger partial charge in [0.15, 0.2) is 17.5 Å². The van der Waals surface area contributed by atoms with Gasteiger partial charge in [-0.25, -0.2) is 4.39 Å². The van der Waals surface area contributed by atoms with Crippen LogP contribution in [0.1, 0.15) is 42.2 Å². The molecule has 2 amide bonds. The van der Waals surface area contributed by atoms with Gasteiger partial charge in [-0.2, -0.15) is 13.2 Å². The SMILES string of the molecule is CO.COc1c(F)cccc1C1CNC(=O)CC12CCN(C(=O)C(c1ccccc1)C(F)(F)F)CC2. The molecule has 2 saturated heterocycles. The number of nitrogens with one attached hydrogen (secondary N) is 1. The van der Waals surface area contributed by atoms with Gasteiger partial charge in [-0.1, -0.05) is 42.5 Å². The lowest BCUT2D eigenvalue weighted by molar-refractivity contribution is -0.173. The van der Waals surface area contributed by atoms with Crippen molar-refractivity contribution in [2.24, 2.45) is 5.41 Å². The van der Waals surface area contributed by atoms with E-state index in [0.29, 0.717) is 18.4 Å². The van der Waals surface area contributed by atoms with Gasteiger partial charge in [0.25, 0.3) is 0 Å². The number of hydrogen-bond donors (Lipinski definition) is 2. The molecular formula is C26H30F4N2O4. The lowest BCUT2D eigenvalue weighted by atomic mass is 9.62. The van der Waals surface area contributed by atoms with Crippen LogP contribution >= 0.6 is 0 Å². The van der Waals surface area contributed by atoms with E-state index in [2.05, 4.69) is 5.32 Å². The molecule has 0 saturated carbocycles. The smallest absolute Gasteiger partial charge is 0.404 e. The number of halogens is 4. The topological polar surface area (TPSA) is 78.9 Å². The first kappa shape index (κ1) is 27.4. The summed E-state index contributed by atoms with van der Waals surface area (Å²) in [5.41, 5.74) is -0.0971. The normalized spacial score (nSPS) is 20.1. The highest BCUT2D eigenvalue weighted by atomic mass is 19.4.